The first-order chi connectivity index (χ1) is 14.0. The lowest BCUT2D eigenvalue weighted by atomic mass is 9.98. The molecule has 0 bridgehead atoms. The summed E-state index contributed by atoms with van der Waals surface area (Å²) in [4.78, 5) is 40.3. The van der Waals surface area contributed by atoms with Crippen LogP contribution in [0, 0.1) is 5.92 Å². The van der Waals surface area contributed by atoms with Gasteiger partial charge in [-0.05, 0) is 24.3 Å². The zero-order chi connectivity index (χ0) is 20.8. The summed E-state index contributed by atoms with van der Waals surface area (Å²) in [6.45, 7) is 7.71. The van der Waals surface area contributed by atoms with Crippen LogP contribution in [0.1, 0.15) is 46.0 Å². The minimum Gasteiger partial charge on any atom is -0.348 e. The number of pyridine rings is 1. The van der Waals surface area contributed by atoms with Crippen LogP contribution in [0.4, 0.5) is 0 Å². The van der Waals surface area contributed by atoms with Crippen molar-refractivity contribution in [2.75, 3.05) is 19.6 Å². The van der Waals surface area contributed by atoms with E-state index in [0.29, 0.717) is 25.6 Å². The summed E-state index contributed by atoms with van der Waals surface area (Å²) in [7, 11) is 0. The van der Waals surface area contributed by atoms with Crippen LogP contribution in [0.25, 0.3) is 0 Å². The van der Waals surface area contributed by atoms with Crippen molar-refractivity contribution in [1.29, 1.82) is 0 Å². The summed E-state index contributed by atoms with van der Waals surface area (Å²) in [6.07, 6.45) is 6.47. The lowest BCUT2D eigenvalue weighted by Crippen LogP contribution is -2.41. The highest BCUT2D eigenvalue weighted by molar-refractivity contribution is 5.99. The highest BCUT2D eigenvalue weighted by Crippen LogP contribution is 2.17. The normalized spacial score (nSPS) is 14.4. The van der Waals surface area contributed by atoms with E-state index in [1.807, 2.05) is 30.3 Å². The number of carbonyl (C=O) groups is 2. The Morgan fingerprint density at radius 2 is 1.79 bits per heavy atom. The number of likely N-dealkylation sites (tertiary alicyclic amines) is 1. The van der Waals surface area contributed by atoms with Crippen LogP contribution in [-0.2, 0) is 6.54 Å². The Hall–Kier alpha value is -3.15. The van der Waals surface area contributed by atoms with Gasteiger partial charge in [0.05, 0.1) is 0 Å². The van der Waals surface area contributed by atoms with Crippen LogP contribution >= 0.6 is 0 Å². The molecule has 0 atom stereocenters. The smallest absolute Gasteiger partial charge is 0.259 e. The Bertz CT molecular complexity index is 942. The summed E-state index contributed by atoms with van der Waals surface area (Å²) in [5, 5.41) is 2.64. The molecule has 1 aromatic carbocycles. The van der Waals surface area contributed by atoms with Gasteiger partial charge >= 0.3 is 0 Å². The number of benzene rings is 1. The second kappa shape index (κ2) is 9.37. The lowest BCUT2D eigenvalue weighted by Gasteiger charge is -2.30. The van der Waals surface area contributed by atoms with Gasteiger partial charge in [0.25, 0.3) is 11.8 Å². The Kier molecular flexibility index (Phi) is 6.65. The van der Waals surface area contributed by atoms with E-state index in [4.69, 9.17) is 0 Å². The van der Waals surface area contributed by atoms with E-state index in [2.05, 4.69) is 18.8 Å². The molecule has 0 spiro atoms. The molecule has 1 aliphatic rings. The number of hydrogen-bond acceptors (Lipinski definition) is 3. The summed E-state index contributed by atoms with van der Waals surface area (Å²) in [5.74, 6) is -0.231. The molecule has 2 amide bonds. The second-order valence-corrected chi connectivity index (χ2v) is 7.55. The van der Waals surface area contributed by atoms with Gasteiger partial charge < -0.3 is 14.8 Å². The molecule has 0 unspecified atom stereocenters. The van der Waals surface area contributed by atoms with Crippen molar-refractivity contribution < 1.29 is 9.59 Å². The predicted octanol–water partition coefficient (Wildman–Crippen LogP) is 2.68. The summed E-state index contributed by atoms with van der Waals surface area (Å²) in [6, 6.07) is 9.70. The summed E-state index contributed by atoms with van der Waals surface area (Å²) < 4.78 is 1.74. The molecule has 1 aliphatic heterocycles. The monoisotopic (exact) mass is 393 g/mol. The largest absolute Gasteiger partial charge is 0.348 e. The number of rotatable bonds is 6. The van der Waals surface area contributed by atoms with Crippen molar-refractivity contribution in [2.24, 2.45) is 5.92 Å². The molecule has 6 nitrogen and oxygen atoms in total. The highest BCUT2D eigenvalue weighted by atomic mass is 16.2. The van der Waals surface area contributed by atoms with Crippen molar-refractivity contribution in [3.8, 4) is 0 Å². The van der Waals surface area contributed by atoms with Crippen LogP contribution in [0.3, 0.4) is 0 Å². The SMILES string of the molecule is C=CCNC(=O)c1cn(Cc2ccccc2)cc(C(=O)N2CCC(C)CC2)c1=O. The standard InChI is InChI=1S/C23H27N3O3/c1-3-11-24-22(28)19-15-25(14-18-7-5-4-6-8-18)16-20(21(19)27)23(29)26-12-9-17(2)10-13-26/h3-8,15-17H,1,9-14H2,2H3,(H,24,28). The molecule has 1 fully saturated rings. The first-order valence-corrected chi connectivity index (χ1v) is 9.96. The zero-order valence-corrected chi connectivity index (χ0v) is 16.8. The molecule has 6 heteroatoms. The molecule has 152 valence electrons. The van der Waals surface area contributed by atoms with Gasteiger partial charge in [-0.2, -0.15) is 0 Å². The van der Waals surface area contributed by atoms with Gasteiger partial charge in [-0.25, -0.2) is 0 Å². The third kappa shape index (κ3) is 5.02. The fourth-order valence-electron chi connectivity index (χ4n) is 3.47. The Labute approximate surface area is 170 Å². The van der Waals surface area contributed by atoms with E-state index in [1.54, 1.807) is 21.7 Å². The molecule has 2 heterocycles. The van der Waals surface area contributed by atoms with Crippen molar-refractivity contribution >= 4 is 11.8 Å². The molecule has 29 heavy (non-hydrogen) atoms. The predicted molar refractivity (Wildman–Crippen MR) is 113 cm³/mol. The topological polar surface area (TPSA) is 71.4 Å². The van der Waals surface area contributed by atoms with E-state index in [-0.39, 0.29) is 23.6 Å². The zero-order valence-electron chi connectivity index (χ0n) is 16.8. The molecule has 0 aliphatic carbocycles. The minimum absolute atomic E-state index is 0.0287. The number of hydrogen-bond donors (Lipinski definition) is 1. The Morgan fingerprint density at radius 3 is 2.45 bits per heavy atom. The quantitative estimate of drug-likeness (QED) is 0.767. The molecule has 0 radical (unpaired) electrons. The summed E-state index contributed by atoms with van der Waals surface area (Å²) >= 11 is 0. The second-order valence-electron chi connectivity index (χ2n) is 7.55. The molecule has 3 rings (SSSR count). The van der Waals surface area contributed by atoms with Gasteiger partial charge in [0.2, 0.25) is 5.43 Å². The van der Waals surface area contributed by atoms with E-state index >= 15 is 0 Å². The van der Waals surface area contributed by atoms with Gasteiger partial charge in [0.15, 0.2) is 0 Å². The molecule has 0 saturated carbocycles. The number of carbonyl (C=O) groups excluding carboxylic acids is 2. The third-order valence-corrected chi connectivity index (χ3v) is 5.24. The third-order valence-electron chi connectivity index (χ3n) is 5.24. The maximum absolute atomic E-state index is 13.1. The van der Waals surface area contributed by atoms with E-state index in [9.17, 15) is 14.4 Å². The molecule has 1 saturated heterocycles. The average molecular weight is 393 g/mol. The van der Waals surface area contributed by atoms with Gasteiger partial charge in [0, 0.05) is 38.6 Å². The fourth-order valence-corrected chi connectivity index (χ4v) is 3.47. The molecular weight excluding hydrogens is 366 g/mol. The first kappa shape index (κ1) is 20.6. The van der Waals surface area contributed by atoms with E-state index in [1.165, 1.54) is 6.20 Å². The van der Waals surface area contributed by atoms with Gasteiger partial charge in [-0.15, -0.1) is 6.58 Å². The Morgan fingerprint density at radius 1 is 1.14 bits per heavy atom. The highest BCUT2D eigenvalue weighted by Gasteiger charge is 2.26. The van der Waals surface area contributed by atoms with Crippen molar-refractivity contribution in [3.05, 3.63) is 82.3 Å². The maximum atomic E-state index is 13.1. The molecule has 1 aromatic heterocycles. The van der Waals surface area contributed by atoms with Gasteiger partial charge in [0.1, 0.15) is 11.1 Å². The van der Waals surface area contributed by atoms with E-state index in [0.717, 1.165) is 18.4 Å². The van der Waals surface area contributed by atoms with Crippen molar-refractivity contribution in [1.82, 2.24) is 14.8 Å². The number of aromatic nitrogens is 1. The Balaban J connectivity index is 1.97. The van der Waals surface area contributed by atoms with Crippen molar-refractivity contribution in [3.63, 3.8) is 0 Å². The van der Waals surface area contributed by atoms with Crippen LogP contribution in [-0.4, -0.2) is 40.9 Å². The minimum atomic E-state index is -0.528. The maximum Gasteiger partial charge on any atom is 0.259 e. The first-order valence-electron chi connectivity index (χ1n) is 9.96. The fraction of sp³-hybridized carbons (Fsp3) is 0.348. The number of piperidine rings is 1. The van der Waals surface area contributed by atoms with Crippen molar-refractivity contribution in [2.45, 2.75) is 26.3 Å². The van der Waals surface area contributed by atoms with Gasteiger partial charge in [-0.1, -0.05) is 43.3 Å². The van der Waals surface area contributed by atoms with Gasteiger partial charge in [-0.3, -0.25) is 14.4 Å². The number of nitrogens with zero attached hydrogens (tertiary/aromatic N) is 2. The van der Waals surface area contributed by atoms with Crippen LogP contribution < -0.4 is 10.7 Å². The molecule has 1 N–H and O–H groups in total. The lowest BCUT2D eigenvalue weighted by molar-refractivity contribution is 0.0695. The molecule has 2 aromatic rings. The summed E-state index contributed by atoms with van der Waals surface area (Å²) in [5.41, 5.74) is 0.499. The molecular formula is C23H27N3O3. The van der Waals surface area contributed by atoms with Crippen LogP contribution in [0.5, 0.6) is 0 Å². The average Bonchev–Trinajstić information content (AvgIpc) is 2.74. The number of nitrogens with one attached hydrogen (secondary N) is 1. The van der Waals surface area contributed by atoms with E-state index < -0.39 is 11.3 Å². The van der Waals surface area contributed by atoms with Crippen LogP contribution in [0.2, 0.25) is 0 Å². The number of amides is 2. The van der Waals surface area contributed by atoms with Crippen LogP contribution in [0.15, 0.2) is 60.2 Å².